The number of aromatic nitrogens is 4. The second-order valence-electron chi connectivity index (χ2n) is 10.6. The molecule has 6 rings (SSSR count). The molecule has 208 valence electrons. The van der Waals surface area contributed by atoms with Crippen molar-refractivity contribution in [3.05, 3.63) is 84.1 Å². The summed E-state index contributed by atoms with van der Waals surface area (Å²) in [5, 5.41) is 6.89. The maximum atomic E-state index is 13.8. The number of H-pyrrole nitrogens is 1. The van der Waals surface area contributed by atoms with E-state index in [0.29, 0.717) is 55.3 Å². The molecule has 0 saturated carbocycles. The van der Waals surface area contributed by atoms with Gasteiger partial charge in [-0.05, 0) is 42.8 Å². The summed E-state index contributed by atoms with van der Waals surface area (Å²) in [6.45, 7) is 7.32. The fourth-order valence-corrected chi connectivity index (χ4v) is 5.09. The van der Waals surface area contributed by atoms with Gasteiger partial charge in [0.15, 0.2) is 5.82 Å². The predicted octanol–water partition coefficient (Wildman–Crippen LogP) is 4.89. The van der Waals surface area contributed by atoms with E-state index in [4.69, 9.17) is 24.2 Å². The SMILES string of the molecule is CC(Nc1nccc(-c2[nH]c(C3OCC(C)(C4COCCN4)CO3)nc2-c2ccc(F)cc2)n1)c1ccccc1. The van der Waals surface area contributed by atoms with E-state index in [-0.39, 0.29) is 23.3 Å². The molecule has 2 saturated heterocycles. The van der Waals surface area contributed by atoms with Gasteiger partial charge >= 0.3 is 0 Å². The van der Waals surface area contributed by atoms with E-state index in [1.807, 2.05) is 24.3 Å². The molecule has 0 spiro atoms. The molecule has 40 heavy (non-hydrogen) atoms. The van der Waals surface area contributed by atoms with Crippen LogP contribution in [0.5, 0.6) is 0 Å². The first kappa shape index (κ1) is 26.5. The molecule has 2 aromatic carbocycles. The van der Waals surface area contributed by atoms with Gasteiger partial charge in [-0.25, -0.2) is 19.3 Å². The Bertz CT molecular complexity index is 1420. The van der Waals surface area contributed by atoms with Crippen LogP contribution in [0.1, 0.15) is 37.6 Å². The van der Waals surface area contributed by atoms with Gasteiger partial charge in [0.25, 0.3) is 0 Å². The number of anilines is 1. The lowest BCUT2D eigenvalue weighted by molar-refractivity contribution is -0.243. The fraction of sp³-hybridized carbons (Fsp3) is 0.367. The van der Waals surface area contributed by atoms with Crippen LogP contribution in [0, 0.1) is 11.2 Å². The minimum Gasteiger partial charge on any atom is -0.378 e. The molecule has 2 fully saturated rings. The molecular weight excluding hydrogens is 511 g/mol. The molecule has 0 bridgehead atoms. The van der Waals surface area contributed by atoms with E-state index in [9.17, 15) is 4.39 Å². The molecule has 10 heteroatoms. The number of hydrogen-bond acceptors (Lipinski definition) is 8. The Labute approximate surface area is 232 Å². The molecule has 2 aromatic heterocycles. The number of nitrogens with one attached hydrogen (secondary N) is 3. The summed E-state index contributed by atoms with van der Waals surface area (Å²) < 4.78 is 31.8. The third-order valence-electron chi connectivity index (χ3n) is 7.51. The standard InChI is InChI=1S/C30H33FN6O3/c1-19(20-6-4-3-5-7-20)34-29-33-13-12-23(35-29)26-25(21-8-10-22(31)11-9-21)36-27(37-26)28-39-17-30(2,18-40-28)24-16-38-15-14-32-24/h3-13,19,24,28,32H,14-18H2,1-2H3,(H,36,37)(H,33,34,35). The monoisotopic (exact) mass is 544 g/mol. The van der Waals surface area contributed by atoms with Crippen molar-refractivity contribution in [1.29, 1.82) is 0 Å². The Morgan fingerprint density at radius 1 is 1.02 bits per heavy atom. The van der Waals surface area contributed by atoms with Crippen LogP contribution in [0.25, 0.3) is 22.6 Å². The molecule has 3 N–H and O–H groups in total. The number of halogens is 1. The summed E-state index contributed by atoms with van der Waals surface area (Å²) in [4.78, 5) is 17.5. The van der Waals surface area contributed by atoms with Gasteiger partial charge in [0.2, 0.25) is 12.2 Å². The third kappa shape index (κ3) is 5.62. The second-order valence-corrected chi connectivity index (χ2v) is 10.6. The summed E-state index contributed by atoms with van der Waals surface area (Å²) in [6, 6.07) is 18.3. The lowest BCUT2D eigenvalue weighted by Crippen LogP contribution is -2.56. The molecule has 2 aliphatic heterocycles. The van der Waals surface area contributed by atoms with Crippen LogP contribution >= 0.6 is 0 Å². The smallest absolute Gasteiger partial charge is 0.223 e. The predicted molar refractivity (Wildman–Crippen MR) is 149 cm³/mol. The van der Waals surface area contributed by atoms with Gasteiger partial charge in [-0.3, -0.25) is 0 Å². The lowest BCUT2D eigenvalue weighted by atomic mass is 9.83. The summed E-state index contributed by atoms with van der Waals surface area (Å²) in [6.07, 6.45) is 1.03. The number of aromatic amines is 1. The van der Waals surface area contributed by atoms with Gasteiger partial charge in [-0.15, -0.1) is 0 Å². The number of nitrogens with zero attached hydrogens (tertiary/aromatic N) is 3. The van der Waals surface area contributed by atoms with Crippen molar-refractivity contribution in [1.82, 2.24) is 25.3 Å². The second kappa shape index (κ2) is 11.4. The van der Waals surface area contributed by atoms with Crippen molar-refractivity contribution < 1.29 is 18.6 Å². The van der Waals surface area contributed by atoms with Crippen molar-refractivity contribution in [3.8, 4) is 22.6 Å². The third-order valence-corrected chi connectivity index (χ3v) is 7.51. The molecule has 2 atom stereocenters. The van der Waals surface area contributed by atoms with Crippen LogP contribution in [-0.4, -0.2) is 59.0 Å². The molecule has 0 amide bonds. The first-order valence-electron chi connectivity index (χ1n) is 13.5. The van der Waals surface area contributed by atoms with Gasteiger partial charge in [0.1, 0.15) is 5.82 Å². The number of imidazole rings is 1. The molecule has 0 aliphatic carbocycles. The highest BCUT2D eigenvalue weighted by atomic mass is 19.1. The molecule has 9 nitrogen and oxygen atoms in total. The average molecular weight is 545 g/mol. The maximum Gasteiger partial charge on any atom is 0.223 e. The highest BCUT2D eigenvalue weighted by molar-refractivity contribution is 5.77. The normalized spacial score (nSPS) is 24.0. The van der Waals surface area contributed by atoms with Crippen molar-refractivity contribution in [2.45, 2.75) is 32.2 Å². The zero-order valence-corrected chi connectivity index (χ0v) is 22.6. The zero-order chi connectivity index (χ0) is 27.5. The minimum absolute atomic E-state index is 0.00718. The average Bonchev–Trinajstić information content (AvgIpc) is 3.44. The Kier molecular flexibility index (Phi) is 7.57. The number of hydrogen-bond donors (Lipinski definition) is 3. The largest absolute Gasteiger partial charge is 0.378 e. The minimum atomic E-state index is -0.678. The van der Waals surface area contributed by atoms with Crippen molar-refractivity contribution in [2.24, 2.45) is 5.41 Å². The molecule has 2 aliphatic rings. The van der Waals surface area contributed by atoms with Crippen LogP contribution in [0.15, 0.2) is 66.9 Å². The van der Waals surface area contributed by atoms with E-state index in [1.54, 1.807) is 18.3 Å². The van der Waals surface area contributed by atoms with E-state index in [0.717, 1.165) is 17.7 Å². The Balaban J connectivity index is 1.28. The van der Waals surface area contributed by atoms with Crippen LogP contribution in [0.2, 0.25) is 0 Å². The quantitative estimate of drug-likeness (QED) is 0.302. The molecule has 4 heterocycles. The van der Waals surface area contributed by atoms with E-state index in [2.05, 4.69) is 46.6 Å². The van der Waals surface area contributed by atoms with Gasteiger partial charge in [-0.1, -0.05) is 37.3 Å². The Hall–Kier alpha value is -3.70. The Morgan fingerprint density at radius 2 is 1.80 bits per heavy atom. The molecule has 2 unspecified atom stereocenters. The Morgan fingerprint density at radius 3 is 2.52 bits per heavy atom. The number of morpholine rings is 1. The van der Waals surface area contributed by atoms with Crippen LogP contribution in [-0.2, 0) is 14.2 Å². The number of benzene rings is 2. The lowest BCUT2D eigenvalue weighted by Gasteiger charge is -2.43. The van der Waals surface area contributed by atoms with Crippen LogP contribution < -0.4 is 10.6 Å². The summed E-state index contributed by atoms with van der Waals surface area (Å²) in [7, 11) is 0. The van der Waals surface area contributed by atoms with E-state index in [1.165, 1.54) is 12.1 Å². The topological polar surface area (TPSA) is 106 Å². The summed E-state index contributed by atoms with van der Waals surface area (Å²) in [5.41, 5.74) is 3.57. The molecular formula is C30H33FN6O3. The van der Waals surface area contributed by atoms with Crippen molar-refractivity contribution >= 4 is 5.95 Å². The fourth-order valence-electron chi connectivity index (χ4n) is 5.09. The van der Waals surface area contributed by atoms with Crippen molar-refractivity contribution in [3.63, 3.8) is 0 Å². The first-order valence-corrected chi connectivity index (χ1v) is 13.5. The highest BCUT2D eigenvalue weighted by Gasteiger charge is 2.41. The summed E-state index contributed by atoms with van der Waals surface area (Å²) in [5.74, 6) is 0.691. The van der Waals surface area contributed by atoms with E-state index >= 15 is 0 Å². The molecule has 4 aromatic rings. The maximum absolute atomic E-state index is 13.8. The zero-order valence-electron chi connectivity index (χ0n) is 22.6. The van der Waals surface area contributed by atoms with Crippen molar-refractivity contribution in [2.75, 3.05) is 38.3 Å². The van der Waals surface area contributed by atoms with Crippen LogP contribution in [0.4, 0.5) is 10.3 Å². The van der Waals surface area contributed by atoms with Crippen LogP contribution in [0.3, 0.4) is 0 Å². The van der Waals surface area contributed by atoms with Gasteiger partial charge in [-0.2, -0.15) is 0 Å². The highest BCUT2D eigenvalue weighted by Crippen LogP contribution is 2.37. The number of rotatable bonds is 7. The van der Waals surface area contributed by atoms with Gasteiger partial charge in [0, 0.05) is 29.8 Å². The first-order chi connectivity index (χ1) is 19.5. The van der Waals surface area contributed by atoms with Gasteiger partial charge < -0.3 is 29.8 Å². The van der Waals surface area contributed by atoms with Gasteiger partial charge in [0.05, 0.1) is 49.6 Å². The number of ether oxygens (including phenoxy) is 3. The summed E-state index contributed by atoms with van der Waals surface area (Å²) >= 11 is 0. The van der Waals surface area contributed by atoms with E-state index < -0.39 is 6.29 Å². The molecule has 0 radical (unpaired) electrons.